The molecule has 0 unspecified atom stereocenters. The number of amides is 1. The molecule has 0 saturated carbocycles. The van der Waals surface area contributed by atoms with Crippen molar-refractivity contribution in [2.75, 3.05) is 0 Å². The number of hydrazine groups is 1. The molecule has 0 spiro atoms. The minimum Gasteiger partial charge on any atom is -0.550 e. The predicted octanol–water partition coefficient (Wildman–Crippen LogP) is -0.462. The number of aliphatic carboxylic acids is 2. The number of allylic oxidation sites excluding steroid dienone is 5. The second-order valence-corrected chi connectivity index (χ2v) is 5.61. The molecular formula is C17H15Cl2CoN3O6. The van der Waals surface area contributed by atoms with E-state index in [2.05, 4.69) is 15.8 Å². The van der Waals surface area contributed by atoms with Gasteiger partial charge < -0.3 is 25.2 Å². The van der Waals surface area contributed by atoms with Gasteiger partial charge in [-0.1, -0.05) is 23.2 Å². The van der Waals surface area contributed by atoms with Gasteiger partial charge in [-0.2, -0.15) is 0 Å². The molecule has 1 radical (unpaired) electrons. The number of rotatable bonds is 3. The standard InChI is InChI=1S/C13H9Cl2N3O2.2C2H4O2.Co/c14-10-5-9(12(19)11(15)6-10)7-17-18-13(20)8-1-3-16-4-2-8;2*1-2(3)4;/h1-7,17H,(H,18,20);2*1H3,(H,3,4);/q;;;+2/p-2/b9-7-;;;. The molecule has 0 atom stereocenters. The third-order valence-corrected chi connectivity index (χ3v) is 2.89. The second kappa shape index (κ2) is 15.3. The van der Waals surface area contributed by atoms with Gasteiger partial charge in [0.2, 0.25) is 5.78 Å². The molecule has 2 N–H and O–H groups in total. The van der Waals surface area contributed by atoms with Gasteiger partial charge in [0.1, 0.15) is 0 Å². The van der Waals surface area contributed by atoms with Crippen molar-refractivity contribution >= 4 is 46.8 Å². The number of Topliss-reactive ketones (excluding diaryl/α,β-unsaturated/α-hetero) is 1. The van der Waals surface area contributed by atoms with Crippen LogP contribution in [0.5, 0.6) is 0 Å². The molecule has 2 rings (SSSR count). The van der Waals surface area contributed by atoms with E-state index in [1.165, 1.54) is 30.7 Å². The molecule has 1 heterocycles. The van der Waals surface area contributed by atoms with Gasteiger partial charge in [-0.3, -0.25) is 20.0 Å². The number of nitrogens with one attached hydrogen (secondary N) is 2. The fourth-order valence-corrected chi connectivity index (χ4v) is 1.95. The Bertz CT molecular complexity index is 806. The van der Waals surface area contributed by atoms with E-state index in [-0.39, 0.29) is 39.1 Å². The van der Waals surface area contributed by atoms with Crippen molar-refractivity contribution in [1.82, 2.24) is 15.8 Å². The zero-order valence-electron chi connectivity index (χ0n) is 15.0. The summed E-state index contributed by atoms with van der Waals surface area (Å²) < 4.78 is 0. The van der Waals surface area contributed by atoms with Gasteiger partial charge in [0.05, 0.1) is 5.03 Å². The molecule has 1 aliphatic carbocycles. The average Bonchev–Trinajstić information content (AvgIpc) is 2.58. The maximum absolute atomic E-state index is 11.7. The molecule has 1 aliphatic rings. The van der Waals surface area contributed by atoms with Gasteiger partial charge in [-0.15, -0.1) is 0 Å². The van der Waals surface area contributed by atoms with E-state index in [0.717, 1.165) is 13.8 Å². The molecule has 1 amide bonds. The van der Waals surface area contributed by atoms with Crippen LogP contribution in [-0.2, 0) is 31.2 Å². The van der Waals surface area contributed by atoms with E-state index >= 15 is 0 Å². The number of hydrogen-bond acceptors (Lipinski definition) is 8. The van der Waals surface area contributed by atoms with Crippen LogP contribution < -0.4 is 21.1 Å². The van der Waals surface area contributed by atoms with E-state index in [9.17, 15) is 9.59 Å². The number of carbonyl (C=O) groups is 4. The van der Waals surface area contributed by atoms with Crippen LogP contribution in [0, 0.1) is 0 Å². The van der Waals surface area contributed by atoms with Gasteiger partial charge in [0.25, 0.3) is 5.91 Å². The van der Waals surface area contributed by atoms with Gasteiger partial charge in [-0.05, 0) is 38.1 Å². The first-order chi connectivity index (χ1) is 13.0. The third-order valence-electron chi connectivity index (χ3n) is 2.39. The van der Waals surface area contributed by atoms with Gasteiger partial charge in [0.15, 0.2) is 0 Å². The Morgan fingerprint density at radius 3 is 2.00 bits per heavy atom. The molecule has 157 valence electrons. The molecule has 0 aliphatic heterocycles. The van der Waals surface area contributed by atoms with E-state index in [1.54, 1.807) is 12.1 Å². The SMILES string of the molecule is CC(=O)[O-].CC(=O)[O-].O=C1C(Cl)=CC(Cl)=C/C1=C/NNC(=O)c1ccncc1.[Co+2]. The Hall–Kier alpha value is -2.66. The molecule has 0 bridgehead atoms. The van der Waals surface area contributed by atoms with Gasteiger partial charge in [0, 0.05) is 46.7 Å². The van der Waals surface area contributed by atoms with E-state index < -0.39 is 11.9 Å². The van der Waals surface area contributed by atoms with Crippen LogP contribution in [0.4, 0.5) is 0 Å². The van der Waals surface area contributed by atoms with Crippen molar-refractivity contribution in [2.24, 2.45) is 0 Å². The monoisotopic (exact) mass is 486 g/mol. The van der Waals surface area contributed by atoms with Crippen LogP contribution in [0.1, 0.15) is 24.2 Å². The minimum atomic E-state index is -1.08. The molecule has 0 fully saturated rings. The first kappa shape index (κ1) is 28.5. The van der Waals surface area contributed by atoms with Crippen molar-refractivity contribution < 1.29 is 46.2 Å². The fourth-order valence-electron chi connectivity index (χ4n) is 1.44. The quantitative estimate of drug-likeness (QED) is 0.430. The summed E-state index contributed by atoms with van der Waals surface area (Å²) in [5.74, 6) is -2.90. The summed E-state index contributed by atoms with van der Waals surface area (Å²) in [4.78, 5) is 45.0. The number of ketones is 1. The van der Waals surface area contributed by atoms with Crippen LogP contribution >= 0.6 is 23.2 Å². The summed E-state index contributed by atoms with van der Waals surface area (Å²) in [6.45, 7) is 1.94. The molecule has 0 saturated heterocycles. The predicted molar refractivity (Wildman–Crippen MR) is 97.2 cm³/mol. The summed E-state index contributed by atoms with van der Waals surface area (Å²) in [5.41, 5.74) is 5.63. The average molecular weight is 487 g/mol. The topological polar surface area (TPSA) is 151 Å². The Labute approximate surface area is 186 Å². The van der Waals surface area contributed by atoms with E-state index in [4.69, 9.17) is 43.0 Å². The van der Waals surface area contributed by atoms with Crippen LogP contribution in [-0.4, -0.2) is 28.6 Å². The Morgan fingerprint density at radius 2 is 1.52 bits per heavy atom. The number of halogens is 2. The van der Waals surface area contributed by atoms with Crippen molar-refractivity contribution in [1.29, 1.82) is 0 Å². The van der Waals surface area contributed by atoms with E-state index in [1.807, 2.05) is 0 Å². The zero-order valence-corrected chi connectivity index (χ0v) is 17.6. The van der Waals surface area contributed by atoms with Crippen LogP contribution in [0.25, 0.3) is 0 Å². The van der Waals surface area contributed by atoms with Crippen LogP contribution in [0.2, 0.25) is 0 Å². The first-order valence-electron chi connectivity index (χ1n) is 7.35. The molecule has 0 aromatic carbocycles. The van der Waals surface area contributed by atoms with Crippen molar-refractivity contribution in [3.05, 3.63) is 64.1 Å². The van der Waals surface area contributed by atoms with E-state index in [0.29, 0.717) is 10.6 Å². The molecule has 9 nitrogen and oxygen atoms in total. The summed E-state index contributed by atoms with van der Waals surface area (Å²) in [6.07, 6.45) is 7.13. The zero-order chi connectivity index (χ0) is 21.7. The molecule has 29 heavy (non-hydrogen) atoms. The maximum Gasteiger partial charge on any atom is 2.00 e. The number of aromatic nitrogens is 1. The maximum atomic E-state index is 11.7. The molecule has 12 heteroatoms. The number of nitrogens with zero attached hydrogens (tertiary/aromatic N) is 1. The molecular weight excluding hydrogens is 472 g/mol. The molecule has 1 aromatic heterocycles. The van der Waals surface area contributed by atoms with Gasteiger partial charge >= 0.3 is 16.8 Å². The fraction of sp³-hybridized carbons (Fsp3) is 0.118. The Morgan fingerprint density at radius 1 is 1.03 bits per heavy atom. The summed E-state index contributed by atoms with van der Waals surface area (Å²) in [7, 11) is 0. The first-order valence-corrected chi connectivity index (χ1v) is 8.10. The summed E-state index contributed by atoms with van der Waals surface area (Å²) in [5, 5.41) is 18.1. The van der Waals surface area contributed by atoms with Crippen LogP contribution in [0.3, 0.4) is 0 Å². The number of carboxylic acids is 2. The van der Waals surface area contributed by atoms with Crippen molar-refractivity contribution in [3.8, 4) is 0 Å². The normalized spacial score (nSPS) is 13.1. The second-order valence-electron chi connectivity index (χ2n) is 4.77. The minimum absolute atomic E-state index is 0. The largest absolute Gasteiger partial charge is 2.00 e. The van der Waals surface area contributed by atoms with Crippen molar-refractivity contribution in [3.63, 3.8) is 0 Å². The summed E-state index contributed by atoms with van der Waals surface area (Å²) >= 11 is 11.5. The Balaban J connectivity index is 0. The number of pyridine rings is 1. The summed E-state index contributed by atoms with van der Waals surface area (Å²) in [6, 6.07) is 3.12. The smallest absolute Gasteiger partial charge is 0.550 e. The number of hydrogen-bond donors (Lipinski definition) is 2. The van der Waals surface area contributed by atoms with Crippen LogP contribution in [0.15, 0.2) is 58.5 Å². The van der Waals surface area contributed by atoms with Crippen molar-refractivity contribution in [2.45, 2.75) is 13.8 Å². The number of carbonyl (C=O) groups excluding carboxylic acids is 4. The van der Waals surface area contributed by atoms with Gasteiger partial charge in [-0.25, -0.2) is 0 Å². The Kier molecular flexibility index (Phi) is 15.0. The number of carboxylic acid groups (broad SMARTS) is 2. The third kappa shape index (κ3) is 14.1. The molecule has 1 aromatic rings.